The Hall–Kier alpha value is -4.44. The van der Waals surface area contributed by atoms with Crippen molar-refractivity contribution in [2.45, 2.75) is 39.0 Å². The minimum atomic E-state index is -0.832. The molecule has 8 N–H and O–H groups in total. The van der Waals surface area contributed by atoms with Crippen molar-refractivity contribution in [2.24, 2.45) is 22.2 Å². The van der Waals surface area contributed by atoms with Gasteiger partial charge in [0.1, 0.15) is 18.2 Å². The van der Waals surface area contributed by atoms with E-state index >= 15 is 0 Å². The van der Waals surface area contributed by atoms with E-state index < -0.39 is 11.9 Å². The summed E-state index contributed by atoms with van der Waals surface area (Å²) in [6, 6.07) is 16.7. The Balaban J connectivity index is 1.72. The number of nitrogens with zero attached hydrogens (tertiary/aromatic N) is 1. The summed E-state index contributed by atoms with van der Waals surface area (Å²) in [5.41, 5.74) is 19.8. The fraction of sp³-hybridized carbons (Fsp3) is 0.222. The van der Waals surface area contributed by atoms with Crippen LogP contribution in [0.2, 0.25) is 0 Å². The average molecular weight is 507 g/mol. The van der Waals surface area contributed by atoms with Crippen LogP contribution >= 0.6 is 0 Å². The predicted octanol–water partition coefficient (Wildman–Crippen LogP) is 2.96. The highest BCUT2D eigenvalue weighted by atomic mass is 19.1. The summed E-state index contributed by atoms with van der Waals surface area (Å²) < 4.78 is 19.1. The maximum Gasteiger partial charge on any atom is 0.255 e. The number of halogens is 1. The average Bonchev–Trinajstić information content (AvgIpc) is 2.84. The highest BCUT2D eigenvalue weighted by Gasteiger charge is 2.18. The lowest BCUT2D eigenvalue weighted by atomic mass is 10.1. The summed E-state index contributed by atoms with van der Waals surface area (Å²) in [6.07, 6.45) is 0.288. The largest absolute Gasteiger partial charge is 0.488 e. The minimum Gasteiger partial charge on any atom is -0.488 e. The van der Waals surface area contributed by atoms with Crippen molar-refractivity contribution in [1.82, 2.24) is 5.32 Å². The molecule has 0 spiro atoms. The number of benzene rings is 3. The molecule has 0 bridgehead atoms. The van der Waals surface area contributed by atoms with E-state index in [-0.39, 0.29) is 42.5 Å². The topological polar surface area (TPSA) is 158 Å². The van der Waals surface area contributed by atoms with Crippen molar-refractivity contribution >= 4 is 29.1 Å². The van der Waals surface area contributed by atoms with Crippen LogP contribution in [0.1, 0.15) is 35.3 Å². The number of nitrogens with two attached hydrogens (primary N) is 3. The molecule has 2 amide bonds. The van der Waals surface area contributed by atoms with E-state index in [0.717, 1.165) is 11.1 Å². The Kier molecular flexibility index (Phi) is 9.17. The fourth-order valence-corrected chi connectivity index (χ4v) is 3.43. The van der Waals surface area contributed by atoms with Crippen LogP contribution < -0.4 is 32.6 Å². The summed E-state index contributed by atoms with van der Waals surface area (Å²) in [4.78, 5) is 29.4. The van der Waals surface area contributed by atoms with Gasteiger partial charge in [-0.25, -0.2) is 9.38 Å². The number of hydrogen-bond acceptors (Lipinski definition) is 5. The van der Waals surface area contributed by atoms with Crippen molar-refractivity contribution in [3.63, 3.8) is 0 Å². The van der Waals surface area contributed by atoms with Crippen LogP contribution in [0.25, 0.3) is 0 Å². The van der Waals surface area contributed by atoms with Gasteiger partial charge in [0.05, 0.1) is 17.3 Å². The van der Waals surface area contributed by atoms with E-state index in [4.69, 9.17) is 21.9 Å². The van der Waals surface area contributed by atoms with Gasteiger partial charge in [-0.3, -0.25) is 9.59 Å². The van der Waals surface area contributed by atoms with Crippen LogP contribution in [0.4, 0.5) is 15.8 Å². The monoisotopic (exact) mass is 506 g/mol. The summed E-state index contributed by atoms with van der Waals surface area (Å²) >= 11 is 0. The number of nitrogens with one attached hydrogen (secondary N) is 2. The lowest BCUT2D eigenvalue weighted by Crippen LogP contribution is -2.37. The summed E-state index contributed by atoms with van der Waals surface area (Å²) in [5, 5.41) is 5.60. The molecule has 0 saturated heterocycles. The molecule has 0 fully saturated rings. The van der Waals surface area contributed by atoms with Crippen LogP contribution in [-0.2, 0) is 17.8 Å². The molecule has 1 atom stereocenters. The third-order valence-corrected chi connectivity index (χ3v) is 5.21. The Bertz CT molecular complexity index is 1260. The first kappa shape index (κ1) is 27.2. The first-order valence-corrected chi connectivity index (χ1v) is 11.7. The van der Waals surface area contributed by atoms with Crippen molar-refractivity contribution in [3.05, 3.63) is 89.2 Å². The van der Waals surface area contributed by atoms with Gasteiger partial charge in [-0.05, 0) is 67.8 Å². The summed E-state index contributed by atoms with van der Waals surface area (Å²) in [7, 11) is 0. The maximum absolute atomic E-state index is 13.2. The third kappa shape index (κ3) is 8.32. The number of carbonyl (C=O) groups excluding carboxylic acids is 2. The Labute approximate surface area is 214 Å². The van der Waals surface area contributed by atoms with Crippen LogP contribution in [0, 0.1) is 5.82 Å². The molecule has 0 radical (unpaired) electrons. The number of amides is 2. The second-order valence-corrected chi connectivity index (χ2v) is 8.76. The van der Waals surface area contributed by atoms with E-state index in [1.54, 1.807) is 54.6 Å². The molecule has 3 aromatic rings. The fourth-order valence-electron chi connectivity index (χ4n) is 3.43. The molecule has 0 unspecified atom stereocenters. The standard InChI is InChI=1S/C27H31FN6O3/c1-16(2)32-25(35)22-12-11-21(14-24(22)37-15-18-3-7-19(28)8-4-18)33-26(36)23(29)13-17-5-9-20(10-6-17)34-27(30)31/h3-12,14,16,23H,13,15,29H2,1-2H3,(H,32,35)(H,33,36)(H4,30,31,34)/t23-/m0/s1. The third-order valence-electron chi connectivity index (χ3n) is 5.21. The number of hydrogen-bond donors (Lipinski definition) is 5. The van der Waals surface area contributed by atoms with Gasteiger partial charge in [0.15, 0.2) is 5.96 Å². The van der Waals surface area contributed by atoms with Crippen LogP contribution in [0.15, 0.2) is 71.7 Å². The molecule has 3 rings (SSSR count). The summed E-state index contributed by atoms with van der Waals surface area (Å²) in [6.45, 7) is 3.80. The van der Waals surface area contributed by atoms with Gasteiger partial charge in [0.2, 0.25) is 5.91 Å². The molecule has 0 heterocycles. The smallest absolute Gasteiger partial charge is 0.255 e. The first-order chi connectivity index (χ1) is 17.6. The van der Waals surface area contributed by atoms with Crippen molar-refractivity contribution in [3.8, 4) is 5.75 Å². The van der Waals surface area contributed by atoms with Gasteiger partial charge in [-0.2, -0.15) is 0 Å². The zero-order chi connectivity index (χ0) is 26.9. The number of ether oxygens (including phenoxy) is 1. The number of carbonyl (C=O) groups is 2. The van der Waals surface area contributed by atoms with E-state index in [0.29, 0.717) is 16.9 Å². The quantitative estimate of drug-likeness (QED) is 0.210. The minimum absolute atomic E-state index is 0.0439. The van der Waals surface area contributed by atoms with Crippen molar-refractivity contribution in [1.29, 1.82) is 0 Å². The number of guanidine groups is 1. The molecule has 0 saturated carbocycles. The molecule has 0 aliphatic carbocycles. The molecular formula is C27H31FN6O3. The molecule has 0 aromatic heterocycles. The molecule has 0 aliphatic rings. The number of rotatable bonds is 10. The first-order valence-electron chi connectivity index (χ1n) is 11.7. The van der Waals surface area contributed by atoms with Crippen LogP contribution in [0.3, 0.4) is 0 Å². The molecular weight excluding hydrogens is 475 g/mol. The van der Waals surface area contributed by atoms with Crippen LogP contribution in [0.5, 0.6) is 5.75 Å². The molecule has 10 heteroatoms. The van der Waals surface area contributed by atoms with Gasteiger partial charge in [-0.1, -0.05) is 24.3 Å². The Morgan fingerprint density at radius 1 is 0.973 bits per heavy atom. The van der Waals surface area contributed by atoms with Crippen molar-refractivity contribution < 1.29 is 18.7 Å². The van der Waals surface area contributed by atoms with Crippen molar-refractivity contribution in [2.75, 3.05) is 5.32 Å². The van der Waals surface area contributed by atoms with Gasteiger partial charge >= 0.3 is 0 Å². The highest BCUT2D eigenvalue weighted by molar-refractivity contribution is 5.99. The number of anilines is 1. The second-order valence-electron chi connectivity index (χ2n) is 8.76. The SMILES string of the molecule is CC(C)NC(=O)c1ccc(NC(=O)[C@@H](N)Cc2ccc(N=C(N)N)cc2)cc1OCc1ccc(F)cc1. The molecule has 194 valence electrons. The zero-order valence-electron chi connectivity index (χ0n) is 20.7. The maximum atomic E-state index is 13.2. The van der Waals surface area contributed by atoms with E-state index in [1.165, 1.54) is 12.1 Å². The second kappa shape index (κ2) is 12.5. The van der Waals surface area contributed by atoms with Gasteiger partial charge < -0.3 is 32.6 Å². The lowest BCUT2D eigenvalue weighted by Gasteiger charge is -2.17. The van der Waals surface area contributed by atoms with Gasteiger partial charge in [0, 0.05) is 17.8 Å². The predicted molar refractivity (Wildman–Crippen MR) is 142 cm³/mol. The summed E-state index contributed by atoms with van der Waals surface area (Å²) in [5.74, 6) is -0.853. The van der Waals surface area contributed by atoms with Gasteiger partial charge in [-0.15, -0.1) is 0 Å². The Morgan fingerprint density at radius 2 is 1.62 bits per heavy atom. The Morgan fingerprint density at radius 3 is 2.24 bits per heavy atom. The lowest BCUT2D eigenvalue weighted by molar-refractivity contribution is -0.117. The normalized spacial score (nSPS) is 11.5. The zero-order valence-corrected chi connectivity index (χ0v) is 20.7. The molecule has 9 nitrogen and oxygen atoms in total. The molecule has 3 aromatic carbocycles. The molecule has 37 heavy (non-hydrogen) atoms. The number of aliphatic imine (C=N–C) groups is 1. The van der Waals surface area contributed by atoms with Crippen LogP contribution in [-0.4, -0.2) is 29.9 Å². The highest BCUT2D eigenvalue weighted by Crippen LogP contribution is 2.25. The van der Waals surface area contributed by atoms with E-state index in [2.05, 4.69) is 15.6 Å². The van der Waals surface area contributed by atoms with E-state index in [1.807, 2.05) is 13.8 Å². The van der Waals surface area contributed by atoms with Gasteiger partial charge in [0.25, 0.3) is 5.91 Å². The molecule has 0 aliphatic heterocycles. The van der Waals surface area contributed by atoms with E-state index in [9.17, 15) is 14.0 Å².